The van der Waals surface area contributed by atoms with E-state index in [4.69, 9.17) is 4.74 Å². The van der Waals surface area contributed by atoms with Crippen molar-refractivity contribution in [2.75, 3.05) is 49.6 Å². The number of aryl methyl sites for hydroxylation is 1. The first-order chi connectivity index (χ1) is 23.1. The minimum absolute atomic E-state index is 0.00533. The second-order valence-electron chi connectivity index (χ2n) is 14.4. The summed E-state index contributed by atoms with van der Waals surface area (Å²) in [5.41, 5.74) is 3.85. The van der Waals surface area contributed by atoms with Crippen molar-refractivity contribution in [3.05, 3.63) is 57.1 Å². The monoisotopic (exact) mass is 656 g/mol. The van der Waals surface area contributed by atoms with Crippen LogP contribution in [-0.4, -0.2) is 96.3 Å². The number of rotatable bonds is 7. The van der Waals surface area contributed by atoms with Crippen LogP contribution < -0.4 is 19.9 Å². The molecule has 0 radical (unpaired) electrons. The summed E-state index contributed by atoms with van der Waals surface area (Å²) in [4.78, 5) is 69.8. The molecule has 5 saturated heterocycles. The van der Waals surface area contributed by atoms with E-state index < -0.39 is 23.8 Å². The number of nitro benzene ring substituents is 1. The quantitative estimate of drug-likeness (QED) is 0.204. The maximum absolute atomic E-state index is 13.3. The largest absolute Gasteiger partial charge is 0.490 e. The molecule has 6 aliphatic heterocycles. The van der Waals surface area contributed by atoms with E-state index in [-0.39, 0.29) is 29.4 Å². The van der Waals surface area contributed by atoms with Crippen LogP contribution in [0.2, 0.25) is 0 Å². The van der Waals surface area contributed by atoms with Crippen LogP contribution in [0.1, 0.15) is 71.2 Å². The van der Waals surface area contributed by atoms with Gasteiger partial charge in [0.1, 0.15) is 6.04 Å². The van der Waals surface area contributed by atoms with E-state index in [1.807, 2.05) is 19.1 Å². The Morgan fingerprint density at radius 2 is 1.69 bits per heavy atom. The molecule has 0 aromatic heterocycles. The number of piperidine rings is 3. The van der Waals surface area contributed by atoms with Crippen molar-refractivity contribution in [2.24, 2.45) is 11.3 Å². The zero-order valence-corrected chi connectivity index (χ0v) is 27.3. The summed E-state index contributed by atoms with van der Waals surface area (Å²) in [6.45, 7) is 6.75. The molecule has 1 spiro atoms. The van der Waals surface area contributed by atoms with E-state index in [2.05, 4.69) is 20.0 Å². The van der Waals surface area contributed by atoms with Crippen LogP contribution in [0.3, 0.4) is 0 Å². The van der Waals surface area contributed by atoms with E-state index in [1.165, 1.54) is 13.5 Å². The number of hydrogen-bond donors (Lipinski definition) is 1. The summed E-state index contributed by atoms with van der Waals surface area (Å²) in [6.07, 6.45) is 5.86. The Kier molecular flexibility index (Phi) is 7.24. The molecule has 6 aliphatic rings. The Hall–Kier alpha value is -4.52. The van der Waals surface area contributed by atoms with Gasteiger partial charge in [-0.05, 0) is 75.1 Å². The highest BCUT2D eigenvalue weighted by Crippen LogP contribution is 2.60. The van der Waals surface area contributed by atoms with Gasteiger partial charge in [-0.2, -0.15) is 0 Å². The number of carbonyl (C=O) groups is 4. The molecule has 1 N–H and O–H groups in total. The standard InChI is InChI=1S/C35H40N6O7/c1-20-15-27(41(46)47)29(48-2)18-26(20)38-13-9-35(10-14-38)19-39-28(31(35)39)16-21-7-11-37(12-8-21)22-3-4-23-24(17-22)34(45)40(33(23)44)25-5-6-30(42)36-32(25)43/h3-4,15,17-18,21,25,28,31H,5-14,16,19H2,1-2H3,(H,36,42,43). The normalized spacial score (nSPS) is 27.8. The van der Waals surface area contributed by atoms with Crippen LogP contribution in [0.5, 0.6) is 5.75 Å². The van der Waals surface area contributed by atoms with E-state index in [9.17, 15) is 29.3 Å². The highest BCUT2D eigenvalue weighted by molar-refractivity contribution is 6.23. The Labute approximate surface area is 278 Å². The molecule has 4 unspecified atom stereocenters. The van der Waals surface area contributed by atoms with Crippen molar-refractivity contribution in [2.45, 2.75) is 70.0 Å². The Morgan fingerprint density at radius 3 is 2.38 bits per heavy atom. The molecule has 8 rings (SSSR count). The lowest BCUT2D eigenvalue weighted by atomic mass is 9.70. The van der Waals surface area contributed by atoms with Gasteiger partial charge < -0.3 is 14.5 Å². The van der Waals surface area contributed by atoms with Gasteiger partial charge in [0.2, 0.25) is 11.8 Å². The van der Waals surface area contributed by atoms with Gasteiger partial charge in [-0.3, -0.25) is 44.4 Å². The van der Waals surface area contributed by atoms with Gasteiger partial charge in [0.25, 0.3) is 11.8 Å². The molecule has 13 nitrogen and oxygen atoms in total. The number of amides is 4. The van der Waals surface area contributed by atoms with Crippen molar-refractivity contribution in [1.82, 2.24) is 15.1 Å². The molecular weight excluding hydrogens is 616 g/mol. The Morgan fingerprint density at radius 1 is 0.958 bits per heavy atom. The second-order valence-corrected chi connectivity index (χ2v) is 14.4. The smallest absolute Gasteiger partial charge is 0.311 e. The number of hydrogen-bond acceptors (Lipinski definition) is 10. The van der Waals surface area contributed by atoms with E-state index in [0.29, 0.717) is 40.3 Å². The highest BCUT2D eigenvalue weighted by atomic mass is 16.6. The maximum Gasteiger partial charge on any atom is 0.311 e. The molecule has 0 aliphatic carbocycles. The number of carbonyl (C=O) groups excluding carboxylic acids is 4. The lowest BCUT2D eigenvalue weighted by Gasteiger charge is -2.48. The molecule has 48 heavy (non-hydrogen) atoms. The average Bonchev–Trinajstić information content (AvgIpc) is 3.61. The maximum atomic E-state index is 13.3. The fraction of sp³-hybridized carbons (Fsp3) is 0.543. The van der Waals surface area contributed by atoms with Gasteiger partial charge in [0.05, 0.1) is 23.2 Å². The number of fused-ring (bicyclic) bond motifs is 3. The van der Waals surface area contributed by atoms with Crippen LogP contribution in [0, 0.1) is 28.4 Å². The van der Waals surface area contributed by atoms with Gasteiger partial charge in [0.15, 0.2) is 5.75 Å². The van der Waals surface area contributed by atoms with Gasteiger partial charge in [0, 0.05) is 80.2 Å². The minimum atomic E-state index is -0.960. The fourth-order valence-corrected chi connectivity index (χ4v) is 9.30. The molecule has 4 atom stereocenters. The fourth-order valence-electron chi connectivity index (χ4n) is 9.30. The van der Waals surface area contributed by atoms with E-state index >= 15 is 0 Å². The molecule has 0 saturated carbocycles. The molecule has 4 amide bonds. The second kappa shape index (κ2) is 11.3. The summed E-state index contributed by atoms with van der Waals surface area (Å²) >= 11 is 0. The predicted molar refractivity (Wildman–Crippen MR) is 175 cm³/mol. The third-order valence-electron chi connectivity index (χ3n) is 12.0. The van der Waals surface area contributed by atoms with Gasteiger partial charge in [-0.15, -0.1) is 0 Å². The molecule has 2 aromatic carbocycles. The summed E-state index contributed by atoms with van der Waals surface area (Å²) in [5.74, 6) is -0.984. The topological polar surface area (TPSA) is 145 Å². The lowest BCUT2D eigenvalue weighted by molar-refractivity contribution is -0.385. The van der Waals surface area contributed by atoms with Gasteiger partial charge in [-0.25, -0.2) is 0 Å². The van der Waals surface area contributed by atoms with Gasteiger partial charge in [-0.1, -0.05) is 0 Å². The first-order valence-electron chi connectivity index (χ1n) is 17.0. The molecule has 252 valence electrons. The molecule has 0 bridgehead atoms. The van der Waals surface area contributed by atoms with Gasteiger partial charge >= 0.3 is 5.69 Å². The molecule has 13 heteroatoms. The number of nitro groups is 1. The molecule has 6 heterocycles. The Balaban J connectivity index is 0.844. The number of imide groups is 2. The van der Waals surface area contributed by atoms with Crippen LogP contribution in [0.15, 0.2) is 30.3 Å². The number of ether oxygens (including phenoxy) is 1. The van der Waals surface area contributed by atoms with Crippen molar-refractivity contribution in [3.8, 4) is 5.75 Å². The molecule has 5 fully saturated rings. The summed E-state index contributed by atoms with van der Waals surface area (Å²) in [7, 11) is 1.48. The zero-order valence-electron chi connectivity index (χ0n) is 27.3. The van der Waals surface area contributed by atoms with Crippen LogP contribution in [0.4, 0.5) is 17.1 Å². The SMILES string of the molecule is COc1cc(N2CCC3(CC2)CN2C(CC4CCN(c5ccc6c(c5)C(=O)N(C5CCC(=O)NC5=O)C6=O)CC4)C23)c(C)cc1[N+](=O)[O-]. The number of benzene rings is 2. The highest BCUT2D eigenvalue weighted by Gasteiger charge is 2.69. The van der Waals surface area contributed by atoms with Crippen molar-refractivity contribution < 1.29 is 28.8 Å². The van der Waals surface area contributed by atoms with Crippen molar-refractivity contribution >= 4 is 40.7 Å². The number of nitrogens with zero attached hydrogens (tertiary/aromatic N) is 5. The Bertz CT molecular complexity index is 1740. The first-order valence-corrected chi connectivity index (χ1v) is 17.0. The van der Waals surface area contributed by atoms with E-state index in [1.54, 1.807) is 18.2 Å². The first kappa shape index (κ1) is 30.8. The third-order valence-corrected chi connectivity index (χ3v) is 12.0. The molecular formula is C35H40N6O7. The van der Waals surface area contributed by atoms with E-state index in [0.717, 1.165) is 80.2 Å². The summed E-state index contributed by atoms with van der Waals surface area (Å²) in [6, 6.07) is 9.18. The summed E-state index contributed by atoms with van der Waals surface area (Å²) < 4.78 is 5.34. The van der Waals surface area contributed by atoms with Crippen molar-refractivity contribution in [1.29, 1.82) is 0 Å². The van der Waals surface area contributed by atoms with Crippen molar-refractivity contribution in [3.63, 3.8) is 0 Å². The van der Waals surface area contributed by atoms with Crippen LogP contribution in [0.25, 0.3) is 0 Å². The van der Waals surface area contributed by atoms with Crippen LogP contribution in [-0.2, 0) is 9.59 Å². The molecule has 2 aromatic rings. The zero-order chi connectivity index (χ0) is 33.5. The number of anilines is 2. The van der Waals surface area contributed by atoms with Crippen LogP contribution >= 0.6 is 0 Å². The average molecular weight is 657 g/mol. The summed E-state index contributed by atoms with van der Waals surface area (Å²) in [5, 5.41) is 13.7. The number of methoxy groups -OCH3 is 1. The third kappa shape index (κ3) is 4.84. The lowest BCUT2D eigenvalue weighted by Crippen LogP contribution is -2.54. The number of nitrogens with one attached hydrogen (secondary N) is 1. The predicted octanol–water partition coefficient (Wildman–Crippen LogP) is 3.27. The minimum Gasteiger partial charge on any atom is -0.490 e.